The van der Waals surface area contributed by atoms with E-state index in [-0.39, 0.29) is 11.9 Å². The molecule has 0 bridgehead atoms. The monoisotopic (exact) mass is 277 g/mol. The summed E-state index contributed by atoms with van der Waals surface area (Å²) >= 11 is 0. The second-order valence-corrected chi connectivity index (χ2v) is 6.92. The summed E-state index contributed by atoms with van der Waals surface area (Å²) in [5, 5.41) is 2.95. The molecule has 1 heterocycles. The van der Waals surface area contributed by atoms with Gasteiger partial charge in [0.1, 0.15) is 0 Å². The molecule has 106 valence electrons. The molecule has 1 amide bonds. The molecule has 0 atom stereocenters. The van der Waals surface area contributed by atoms with Gasteiger partial charge in [0.2, 0.25) is 5.91 Å². The van der Waals surface area contributed by atoms with Crippen LogP contribution in [0.4, 0.5) is 0 Å². The van der Waals surface area contributed by atoms with Crippen molar-refractivity contribution in [2.24, 2.45) is 0 Å². The Labute approximate surface area is 110 Å². The molecule has 1 aliphatic heterocycles. The maximum atomic E-state index is 11.9. The Morgan fingerprint density at radius 1 is 1.33 bits per heavy atom. The predicted molar refractivity (Wildman–Crippen MR) is 70.3 cm³/mol. The van der Waals surface area contributed by atoms with E-state index in [4.69, 9.17) is 0 Å². The number of hydrogen-bond donors (Lipinski definition) is 1. The van der Waals surface area contributed by atoms with Gasteiger partial charge in [0, 0.05) is 39.6 Å². The first-order valence-electron chi connectivity index (χ1n) is 6.35. The van der Waals surface area contributed by atoms with Crippen LogP contribution >= 0.6 is 0 Å². The average molecular weight is 277 g/mol. The van der Waals surface area contributed by atoms with Crippen LogP contribution in [0.5, 0.6) is 0 Å². The summed E-state index contributed by atoms with van der Waals surface area (Å²) in [5.41, 5.74) is 0. The van der Waals surface area contributed by atoms with Crippen molar-refractivity contribution in [3.05, 3.63) is 0 Å². The number of piperidine rings is 1. The van der Waals surface area contributed by atoms with Gasteiger partial charge < -0.3 is 5.32 Å². The molecule has 1 aliphatic rings. The fourth-order valence-corrected chi connectivity index (χ4v) is 3.12. The van der Waals surface area contributed by atoms with Crippen LogP contribution in [-0.2, 0) is 15.0 Å². The van der Waals surface area contributed by atoms with E-state index in [2.05, 4.69) is 5.32 Å². The molecular weight excluding hydrogens is 254 g/mol. The standard InChI is InChI=1S/C11H23N3O3S/c1-4-5-11(15)12-10-6-8-14(9-7-10)18(16,17)13(2)3/h10H,4-9H2,1-3H3,(H,12,15). The van der Waals surface area contributed by atoms with Gasteiger partial charge in [0.05, 0.1) is 0 Å². The normalized spacial score (nSPS) is 19.1. The summed E-state index contributed by atoms with van der Waals surface area (Å²) in [6.07, 6.45) is 2.74. The van der Waals surface area contributed by atoms with Crippen molar-refractivity contribution in [3.8, 4) is 0 Å². The molecule has 18 heavy (non-hydrogen) atoms. The van der Waals surface area contributed by atoms with Crippen molar-refractivity contribution in [2.75, 3.05) is 27.2 Å². The molecule has 0 saturated carbocycles. The van der Waals surface area contributed by atoms with Crippen LogP contribution in [0.2, 0.25) is 0 Å². The summed E-state index contributed by atoms with van der Waals surface area (Å²) in [4.78, 5) is 11.4. The molecule has 0 aromatic heterocycles. The van der Waals surface area contributed by atoms with E-state index in [0.717, 1.165) is 6.42 Å². The molecule has 1 N–H and O–H groups in total. The second-order valence-electron chi connectivity index (χ2n) is 4.78. The molecule has 0 aliphatic carbocycles. The first kappa shape index (κ1) is 15.4. The maximum absolute atomic E-state index is 11.9. The first-order valence-corrected chi connectivity index (χ1v) is 7.74. The average Bonchev–Trinajstić information content (AvgIpc) is 2.29. The van der Waals surface area contributed by atoms with E-state index in [0.29, 0.717) is 32.4 Å². The third kappa shape index (κ3) is 3.93. The highest BCUT2D eigenvalue weighted by Crippen LogP contribution is 2.15. The van der Waals surface area contributed by atoms with Crippen molar-refractivity contribution >= 4 is 16.1 Å². The summed E-state index contributed by atoms with van der Waals surface area (Å²) in [5.74, 6) is 0.0615. The zero-order valence-corrected chi connectivity index (χ0v) is 12.2. The van der Waals surface area contributed by atoms with Crippen molar-refractivity contribution in [1.29, 1.82) is 0 Å². The number of rotatable bonds is 5. The molecule has 1 fully saturated rings. The molecule has 6 nitrogen and oxygen atoms in total. The molecule has 1 saturated heterocycles. The number of carbonyl (C=O) groups is 1. The van der Waals surface area contributed by atoms with Crippen LogP contribution in [0.25, 0.3) is 0 Å². The Kier molecular flexibility index (Phi) is 5.55. The fourth-order valence-electron chi connectivity index (χ4n) is 1.99. The van der Waals surface area contributed by atoms with E-state index in [1.807, 2.05) is 6.92 Å². The third-order valence-electron chi connectivity index (χ3n) is 3.08. The lowest BCUT2D eigenvalue weighted by Gasteiger charge is -2.33. The number of nitrogens with one attached hydrogen (secondary N) is 1. The van der Waals surface area contributed by atoms with E-state index in [9.17, 15) is 13.2 Å². The zero-order chi connectivity index (χ0) is 13.8. The summed E-state index contributed by atoms with van der Waals surface area (Å²) in [7, 11) is -0.244. The molecule has 0 radical (unpaired) electrons. The van der Waals surface area contributed by atoms with Crippen LogP contribution in [0.15, 0.2) is 0 Å². The van der Waals surface area contributed by atoms with Crippen LogP contribution in [0.3, 0.4) is 0 Å². The highest BCUT2D eigenvalue weighted by atomic mass is 32.2. The third-order valence-corrected chi connectivity index (χ3v) is 5.02. The van der Waals surface area contributed by atoms with Crippen LogP contribution in [0, 0.1) is 0 Å². The minimum Gasteiger partial charge on any atom is -0.353 e. The SMILES string of the molecule is CCCC(=O)NC1CCN(S(=O)(=O)N(C)C)CC1. The smallest absolute Gasteiger partial charge is 0.281 e. The Hall–Kier alpha value is -0.660. The number of hydrogen-bond acceptors (Lipinski definition) is 3. The van der Waals surface area contributed by atoms with Crippen molar-refractivity contribution in [3.63, 3.8) is 0 Å². The fraction of sp³-hybridized carbons (Fsp3) is 0.909. The molecule has 0 aromatic carbocycles. The molecule has 0 unspecified atom stereocenters. The predicted octanol–water partition coefficient (Wildman–Crippen LogP) is 0.174. The largest absolute Gasteiger partial charge is 0.353 e. The summed E-state index contributed by atoms with van der Waals surface area (Å²) < 4.78 is 26.5. The van der Waals surface area contributed by atoms with Gasteiger partial charge in [-0.05, 0) is 19.3 Å². The minimum absolute atomic E-state index is 0.0615. The number of carbonyl (C=O) groups excluding carboxylic acids is 1. The highest BCUT2D eigenvalue weighted by Gasteiger charge is 2.29. The van der Waals surface area contributed by atoms with E-state index < -0.39 is 10.2 Å². The van der Waals surface area contributed by atoms with Crippen LogP contribution < -0.4 is 5.32 Å². The topological polar surface area (TPSA) is 69.7 Å². The van der Waals surface area contributed by atoms with Gasteiger partial charge in [0.15, 0.2) is 0 Å². The van der Waals surface area contributed by atoms with Gasteiger partial charge in [-0.3, -0.25) is 4.79 Å². The second kappa shape index (κ2) is 6.49. The van der Waals surface area contributed by atoms with Gasteiger partial charge in [-0.15, -0.1) is 0 Å². The zero-order valence-electron chi connectivity index (χ0n) is 11.3. The maximum Gasteiger partial charge on any atom is 0.281 e. The Morgan fingerprint density at radius 3 is 2.33 bits per heavy atom. The Morgan fingerprint density at radius 2 is 1.89 bits per heavy atom. The molecule has 0 aromatic rings. The molecular formula is C11H23N3O3S. The van der Waals surface area contributed by atoms with Crippen molar-refractivity contribution < 1.29 is 13.2 Å². The van der Waals surface area contributed by atoms with Gasteiger partial charge in [0.25, 0.3) is 10.2 Å². The molecule has 0 spiro atoms. The summed E-state index contributed by atoms with van der Waals surface area (Å²) in [6, 6.07) is 0.109. The van der Waals surface area contributed by atoms with Crippen molar-refractivity contribution in [1.82, 2.24) is 13.9 Å². The van der Waals surface area contributed by atoms with Crippen LogP contribution in [-0.4, -0.2) is 56.2 Å². The van der Waals surface area contributed by atoms with E-state index in [1.54, 1.807) is 0 Å². The van der Waals surface area contributed by atoms with E-state index >= 15 is 0 Å². The lowest BCUT2D eigenvalue weighted by Crippen LogP contribution is -2.49. The Bertz CT molecular complexity index is 373. The van der Waals surface area contributed by atoms with Gasteiger partial charge >= 0.3 is 0 Å². The Balaban J connectivity index is 2.44. The van der Waals surface area contributed by atoms with Gasteiger partial charge in [-0.1, -0.05) is 6.92 Å². The minimum atomic E-state index is -3.31. The first-order chi connectivity index (χ1) is 8.37. The highest BCUT2D eigenvalue weighted by molar-refractivity contribution is 7.86. The quantitative estimate of drug-likeness (QED) is 0.779. The number of amides is 1. The lowest BCUT2D eigenvalue weighted by atomic mass is 10.1. The van der Waals surface area contributed by atoms with Crippen molar-refractivity contribution in [2.45, 2.75) is 38.6 Å². The lowest BCUT2D eigenvalue weighted by molar-refractivity contribution is -0.122. The van der Waals surface area contributed by atoms with Crippen LogP contribution in [0.1, 0.15) is 32.6 Å². The molecule has 1 rings (SSSR count). The molecule has 7 heteroatoms. The van der Waals surface area contributed by atoms with E-state index in [1.165, 1.54) is 22.7 Å². The summed E-state index contributed by atoms with van der Waals surface area (Å²) in [6.45, 7) is 2.90. The van der Waals surface area contributed by atoms with Gasteiger partial charge in [-0.25, -0.2) is 0 Å². The van der Waals surface area contributed by atoms with Gasteiger partial charge in [-0.2, -0.15) is 17.0 Å². The number of nitrogens with zero attached hydrogens (tertiary/aromatic N) is 2.